The second-order valence-electron chi connectivity index (χ2n) is 7.86. The minimum atomic E-state index is -0.710. The van der Waals surface area contributed by atoms with Crippen molar-refractivity contribution in [3.63, 3.8) is 0 Å². The Morgan fingerprint density at radius 1 is 1.06 bits per heavy atom. The molecule has 11 heteroatoms. The number of rotatable bonds is 8. The maximum atomic E-state index is 11.7. The fourth-order valence-electron chi connectivity index (χ4n) is 2.51. The molecule has 0 spiro atoms. The Bertz CT molecular complexity index is 888. The molecule has 31 heavy (non-hydrogen) atoms. The third kappa shape index (κ3) is 10.3. The lowest BCUT2D eigenvalue weighted by Gasteiger charge is -2.19. The maximum absolute atomic E-state index is 11.7. The highest BCUT2D eigenvalue weighted by Crippen LogP contribution is 2.20. The van der Waals surface area contributed by atoms with Crippen molar-refractivity contribution in [2.45, 2.75) is 59.0 Å². The lowest BCUT2D eigenvalue weighted by molar-refractivity contribution is -0.114. The first-order valence-corrected chi connectivity index (χ1v) is 11.7. The molecule has 0 aliphatic rings. The number of thiazole rings is 1. The molecule has 0 unspecified atom stereocenters. The van der Waals surface area contributed by atoms with E-state index in [2.05, 4.69) is 37.9 Å². The van der Waals surface area contributed by atoms with E-state index in [1.807, 2.05) is 5.38 Å². The Morgan fingerprint density at radius 3 is 2.55 bits per heavy atom. The summed E-state index contributed by atoms with van der Waals surface area (Å²) in [6, 6.07) is 1.69. The summed E-state index contributed by atoms with van der Waals surface area (Å²) in [5.41, 5.74) is 6.04. The molecule has 0 fully saturated rings. The molecule has 0 bridgehead atoms. The van der Waals surface area contributed by atoms with Crippen molar-refractivity contribution in [2.75, 3.05) is 11.9 Å². The van der Waals surface area contributed by atoms with E-state index >= 15 is 0 Å². The van der Waals surface area contributed by atoms with Crippen LogP contribution in [0.25, 0.3) is 0 Å². The molecule has 0 atom stereocenters. The average Bonchev–Trinajstić information content (AvgIpc) is 3.29. The number of carbonyl (C=O) groups excluding carboxylic acids is 3. The number of anilines is 1. The van der Waals surface area contributed by atoms with E-state index in [0.29, 0.717) is 11.7 Å². The number of thiophene rings is 1. The number of aromatic nitrogens is 1. The fraction of sp³-hybridized carbons (Fsp3) is 0.500. The lowest BCUT2D eigenvalue weighted by Crippen LogP contribution is -2.48. The number of hydrazine groups is 1. The van der Waals surface area contributed by atoms with Gasteiger partial charge in [0.1, 0.15) is 5.60 Å². The van der Waals surface area contributed by atoms with E-state index in [9.17, 15) is 14.4 Å². The van der Waals surface area contributed by atoms with Gasteiger partial charge in [-0.15, -0.1) is 22.7 Å². The maximum Gasteiger partial charge on any atom is 0.426 e. The predicted molar refractivity (Wildman–Crippen MR) is 122 cm³/mol. The molecule has 2 aromatic rings. The Labute approximate surface area is 190 Å². The molecular formula is C20H29N5O4S2. The standard InChI is InChI=1S/C20H29N5O4S2/c1-13(26)22-18-23-15(12-31-18)8-7-14-10-16(30-11-14)6-5-9-21-17(27)24-25-19(28)29-20(2,3)4/h10-12H,5-9H2,1-4H3,(H,25,28)(H2,21,24,27)(H,22,23,26). The van der Waals surface area contributed by atoms with Crippen LogP contribution in [-0.2, 0) is 28.8 Å². The third-order valence-corrected chi connectivity index (χ3v) is 5.63. The van der Waals surface area contributed by atoms with Gasteiger partial charge < -0.3 is 15.4 Å². The normalized spacial score (nSPS) is 11.0. The zero-order chi connectivity index (χ0) is 22.9. The second kappa shape index (κ2) is 11.7. The monoisotopic (exact) mass is 467 g/mol. The number of hydrogen-bond donors (Lipinski definition) is 4. The summed E-state index contributed by atoms with van der Waals surface area (Å²) in [5, 5.41) is 10.1. The van der Waals surface area contributed by atoms with E-state index in [1.165, 1.54) is 28.7 Å². The van der Waals surface area contributed by atoms with Gasteiger partial charge in [-0.05, 0) is 63.5 Å². The number of aryl methyl sites for hydroxylation is 3. The van der Waals surface area contributed by atoms with Crippen molar-refractivity contribution in [3.05, 3.63) is 33.0 Å². The highest BCUT2D eigenvalue weighted by atomic mass is 32.1. The largest absolute Gasteiger partial charge is 0.443 e. The first kappa shape index (κ1) is 24.6. The van der Waals surface area contributed by atoms with Crippen molar-refractivity contribution < 1.29 is 19.1 Å². The van der Waals surface area contributed by atoms with Crippen molar-refractivity contribution in [2.24, 2.45) is 0 Å². The van der Waals surface area contributed by atoms with E-state index in [-0.39, 0.29) is 5.91 Å². The molecule has 0 aliphatic heterocycles. The summed E-state index contributed by atoms with van der Waals surface area (Å²) in [5.74, 6) is -0.116. The van der Waals surface area contributed by atoms with E-state index < -0.39 is 17.7 Å². The molecule has 4 amide bonds. The summed E-state index contributed by atoms with van der Waals surface area (Å²) in [6.07, 6.45) is 2.63. The molecule has 4 N–H and O–H groups in total. The predicted octanol–water partition coefficient (Wildman–Crippen LogP) is 3.62. The number of hydrogen-bond acceptors (Lipinski definition) is 7. The molecule has 2 aromatic heterocycles. The molecule has 9 nitrogen and oxygen atoms in total. The first-order valence-electron chi connectivity index (χ1n) is 9.92. The smallest absolute Gasteiger partial charge is 0.426 e. The van der Waals surface area contributed by atoms with Crippen LogP contribution in [0.3, 0.4) is 0 Å². The first-order chi connectivity index (χ1) is 14.6. The van der Waals surface area contributed by atoms with Crippen LogP contribution in [0.2, 0.25) is 0 Å². The highest BCUT2D eigenvalue weighted by molar-refractivity contribution is 7.13. The van der Waals surface area contributed by atoms with Crippen LogP contribution in [-0.4, -0.2) is 35.2 Å². The molecule has 2 heterocycles. The van der Waals surface area contributed by atoms with Crippen molar-refractivity contribution in [3.8, 4) is 0 Å². The average molecular weight is 468 g/mol. The Morgan fingerprint density at radius 2 is 1.84 bits per heavy atom. The Kier molecular flexibility index (Phi) is 9.25. The van der Waals surface area contributed by atoms with Crippen LogP contribution in [0.1, 0.15) is 50.3 Å². The minimum Gasteiger partial charge on any atom is -0.443 e. The van der Waals surface area contributed by atoms with Crippen LogP contribution < -0.4 is 21.5 Å². The number of nitrogens with one attached hydrogen (secondary N) is 4. The zero-order valence-electron chi connectivity index (χ0n) is 18.2. The second-order valence-corrected chi connectivity index (χ2v) is 9.71. The van der Waals surface area contributed by atoms with Crippen LogP contribution in [0, 0.1) is 0 Å². The van der Waals surface area contributed by atoms with Crippen LogP contribution in [0.5, 0.6) is 0 Å². The molecule has 170 valence electrons. The molecule has 0 radical (unpaired) electrons. The van der Waals surface area contributed by atoms with Gasteiger partial charge in [0.25, 0.3) is 0 Å². The highest BCUT2D eigenvalue weighted by Gasteiger charge is 2.16. The lowest BCUT2D eigenvalue weighted by atomic mass is 10.1. The van der Waals surface area contributed by atoms with E-state index in [0.717, 1.165) is 31.4 Å². The van der Waals surface area contributed by atoms with Gasteiger partial charge in [0.15, 0.2) is 5.13 Å². The molecule has 0 saturated heterocycles. The number of ether oxygens (including phenoxy) is 1. The van der Waals surface area contributed by atoms with Crippen LogP contribution >= 0.6 is 22.7 Å². The van der Waals surface area contributed by atoms with Gasteiger partial charge >= 0.3 is 12.1 Å². The zero-order valence-corrected chi connectivity index (χ0v) is 19.8. The van der Waals surface area contributed by atoms with E-state index in [1.54, 1.807) is 32.1 Å². The van der Waals surface area contributed by atoms with E-state index in [4.69, 9.17) is 4.74 Å². The quantitative estimate of drug-likeness (QED) is 0.349. The summed E-state index contributed by atoms with van der Waals surface area (Å²) in [6.45, 7) is 7.18. The van der Waals surface area contributed by atoms with Gasteiger partial charge in [-0.1, -0.05) is 0 Å². The van der Waals surface area contributed by atoms with Crippen molar-refractivity contribution in [1.82, 2.24) is 21.2 Å². The third-order valence-electron chi connectivity index (χ3n) is 3.78. The summed E-state index contributed by atoms with van der Waals surface area (Å²) < 4.78 is 5.03. The molecule has 0 aromatic carbocycles. The fourth-order valence-corrected chi connectivity index (χ4v) is 4.27. The van der Waals surface area contributed by atoms with Crippen LogP contribution in [0.4, 0.5) is 14.7 Å². The van der Waals surface area contributed by atoms with Gasteiger partial charge in [0.2, 0.25) is 5.91 Å². The molecule has 0 saturated carbocycles. The Hall–Kier alpha value is -2.66. The van der Waals surface area contributed by atoms with Gasteiger partial charge in [0, 0.05) is 23.7 Å². The molecular weight excluding hydrogens is 438 g/mol. The topological polar surface area (TPSA) is 121 Å². The van der Waals surface area contributed by atoms with Crippen molar-refractivity contribution in [1.29, 1.82) is 0 Å². The number of urea groups is 1. The minimum absolute atomic E-state index is 0.116. The Balaban J connectivity index is 1.61. The van der Waals surface area contributed by atoms with Gasteiger partial charge in [-0.25, -0.2) is 25.4 Å². The summed E-state index contributed by atoms with van der Waals surface area (Å²) >= 11 is 3.13. The van der Waals surface area contributed by atoms with Gasteiger partial charge in [0.05, 0.1) is 5.69 Å². The van der Waals surface area contributed by atoms with Gasteiger partial charge in [-0.3, -0.25) is 4.79 Å². The molecule has 0 aliphatic carbocycles. The van der Waals surface area contributed by atoms with Gasteiger partial charge in [-0.2, -0.15) is 0 Å². The number of amides is 4. The number of nitrogens with zero attached hydrogens (tertiary/aromatic N) is 1. The number of carbonyl (C=O) groups is 3. The summed E-state index contributed by atoms with van der Waals surface area (Å²) in [7, 11) is 0. The summed E-state index contributed by atoms with van der Waals surface area (Å²) in [4.78, 5) is 39.9. The molecule has 2 rings (SSSR count). The van der Waals surface area contributed by atoms with Crippen LogP contribution in [0.15, 0.2) is 16.8 Å². The van der Waals surface area contributed by atoms with Crippen molar-refractivity contribution >= 4 is 45.8 Å². The SMILES string of the molecule is CC(=O)Nc1nc(CCc2csc(CCCNC(=O)NNC(=O)OC(C)(C)C)c2)cs1.